The minimum atomic E-state index is -0.593. The summed E-state index contributed by atoms with van der Waals surface area (Å²) in [5, 5.41) is 2.45. The Labute approximate surface area is 99.4 Å². The Balaban J connectivity index is 2.30. The van der Waals surface area contributed by atoms with Gasteiger partial charge in [-0.2, -0.15) is 0 Å². The number of ether oxygens (including phenoxy) is 1. The molecule has 1 saturated heterocycles. The zero-order valence-electron chi connectivity index (χ0n) is 9.55. The molecule has 5 nitrogen and oxygen atoms in total. The summed E-state index contributed by atoms with van der Waals surface area (Å²) in [6, 6.07) is 8.78. The van der Waals surface area contributed by atoms with Gasteiger partial charge in [-0.05, 0) is 5.56 Å². The molecule has 1 aromatic carbocycles. The summed E-state index contributed by atoms with van der Waals surface area (Å²) in [5.74, 6) is 0. The van der Waals surface area contributed by atoms with E-state index in [0.29, 0.717) is 13.0 Å². The van der Waals surface area contributed by atoms with Gasteiger partial charge in [0.15, 0.2) is 0 Å². The number of benzene rings is 1. The number of hydrogen-bond acceptors (Lipinski definition) is 3. The van der Waals surface area contributed by atoms with Gasteiger partial charge in [0.25, 0.3) is 0 Å². The summed E-state index contributed by atoms with van der Waals surface area (Å²) in [7, 11) is 1.49. The number of nitrogens with zero attached hydrogens (tertiary/aromatic N) is 1. The average molecular weight is 234 g/mol. The third kappa shape index (κ3) is 2.22. The number of amides is 3. The van der Waals surface area contributed by atoms with Crippen molar-refractivity contribution in [1.82, 2.24) is 10.2 Å². The highest BCUT2D eigenvalue weighted by Gasteiger charge is 2.35. The molecule has 0 aromatic heterocycles. The fourth-order valence-corrected chi connectivity index (χ4v) is 1.92. The van der Waals surface area contributed by atoms with Crippen LogP contribution in [-0.4, -0.2) is 30.7 Å². The maximum absolute atomic E-state index is 11.7. The molecule has 17 heavy (non-hydrogen) atoms. The quantitative estimate of drug-likeness (QED) is 0.807. The number of hydrogen-bond donors (Lipinski definition) is 1. The first kappa shape index (κ1) is 11.4. The predicted molar refractivity (Wildman–Crippen MR) is 61.4 cm³/mol. The van der Waals surface area contributed by atoms with Gasteiger partial charge in [-0.1, -0.05) is 30.3 Å². The summed E-state index contributed by atoms with van der Waals surface area (Å²) in [6.45, 7) is 0.339. The van der Waals surface area contributed by atoms with E-state index in [9.17, 15) is 9.59 Å². The number of rotatable bonds is 1. The van der Waals surface area contributed by atoms with E-state index in [0.717, 1.165) is 10.5 Å². The van der Waals surface area contributed by atoms with Gasteiger partial charge in [0, 0.05) is 13.5 Å². The third-order valence-electron chi connectivity index (χ3n) is 2.74. The lowest BCUT2D eigenvalue weighted by Crippen LogP contribution is -2.48. The minimum absolute atomic E-state index is 0.252. The molecule has 0 aliphatic carbocycles. The van der Waals surface area contributed by atoms with Crippen molar-refractivity contribution in [3.05, 3.63) is 35.9 Å². The zero-order chi connectivity index (χ0) is 12.3. The smallest absolute Gasteiger partial charge is 0.418 e. The lowest BCUT2D eigenvalue weighted by Gasteiger charge is -2.33. The molecular weight excluding hydrogens is 220 g/mol. The van der Waals surface area contributed by atoms with Crippen molar-refractivity contribution in [3.8, 4) is 0 Å². The fraction of sp³-hybridized carbons (Fsp3) is 0.333. The number of carbonyl (C=O) groups excluding carboxylic acids is 2. The first-order valence-electron chi connectivity index (χ1n) is 5.46. The van der Waals surface area contributed by atoms with Crippen molar-refractivity contribution in [2.75, 3.05) is 13.7 Å². The molecule has 1 aliphatic rings. The number of urea groups is 1. The van der Waals surface area contributed by atoms with Crippen LogP contribution in [-0.2, 0) is 4.74 Å². The molecule has 0 radical (unpaired) electrons. The second-order valence-corrected chi connectivity index (χ2v) is 3.75. The van der Waals surface area contributed by atoms with Crippen LogP contribution < -0.4 is 5.32 Å². The van der Waals surface area contributed by atoms with E-state index >= 15 is 0 Å². The normalized spacial score (nSPS) is 19.7. The summed E-state index contributed by atoms with van der Waals surface area (Å²) in [5.41, 5.74) is 0.938. The van der Waals surface area contributed by atoms with Crippen LogP contribution in [0.2, 0.25) is 0 Å². The molecule has 0 spiro atoms. The van der Waals surface area contributed by atoms with Crippen LogP contribution in [0.4, 0.5) is 9.59 Å². The molecule has 0 saturated carbocycles. The van der Waals surface area contributed by atoms with E-state index in [1.807, 2.05) is 30.3 Å². The Morgan fingerprint density at radius 3 is 2.76 bits per heavy atom. The van der Waals surface area contributed by atoms with Crippen LogP contribution in [0.25, 0.3) is 0 Å². The minimum Gasteiger partial charge on any atom is -0.449 e. The molecule has 3 amide bonds. The highest BCUT2D eigenvalue weighted by Crippen LogP contribution is 2.28. The number of nitrogens with one attached hydrogen (secondary N) is 1. The monoisotopic (exact) mass is 234 g/mol. The first-order chi connectivity index (χ1) is 8.24. The maximum atomic E-state index is 11.7. The van der Waals surface area contributed by atoms with Gasteiger partial charge >= 0.3 is 12.1 Å². The second-order valence-electron chi connectivity index (χ2n) is 3.75. The Hall–Kier alpha value is -2.04. The predicted octanol–water partition coefficient (Wildman–Crippen LogP) is 1.91. The largest absolute Gasteiger partial charge is 0.449 e. The Kier molecular flexibility index (Phi) is 3.27. The summed E-state index contributed by atoms with van der Waals surface area (Å²) >= 11 is 0. The van der Waals surface area contributed by atoms with E-state index in [-0.39, 0.29) is 6.04 Å². The van der Waals surface area contributed by atoms with Gasteiger partial charge < -0.3 is 10.1 Å². The van der Waals surface area contributed by atoms with Gasteiger partial charge in [-0.15, -0.1) is 0 Å². The van der Waals surface area contributed by atoms with Gasteiger partial charge in [0.1, 0.15) is 0 Å². The number of imide groups is 1. The Morgan fingerprint density at radius 1 is 1.41 bits per heavy atom. The molecule has 1 atom stereocenters. The Morgan fingerprint density at radius 2 is 2.12 bits per heavy atom. The molecule has 5 heteroatoms. The van der Waals surface area contributed by atoms with Crippen LogP contribution in [0.15, 0.2) is 30.3 Å². The van der Waals surface area contributed by atoms with Crippen molar-refractivity contribution in [2.24, 2.45) is 0 Å². The fourth-order valence-electron chi connectivity index (χ4n) is 1.92. The van der Waals surface area contributed by atoms with Crippen LogP contribution in [0.1, 0.15) is 18.0 Å². The van der Waals surface area contributed by atoms with E-state index in [2.05, 4.69) is 5.32 Å². The Bertz CT molecular complexity index is 411. The average Bonchev–Trinajstić information content (AvgIpc) is 2.38. The molecule has 1 aliphatic heterocycles. The molecule has 1 heterocycles. The maximum Gasteiger partial charge on any atom is 0.418 e. The van der Waals surface area contributed by atoms with Crippen molar-refractivity contribution in [3.63, 3.8) is 0 Å². The molecule has 1 unspecified atom stereocenters. The second kappa shape index (κ2) is 4.86. The molecule has 90 valence electrons. The van der Waals surface area contributed by atoms with Crippen molar-refractivity contribution in [2.45, 2.75) is 12.5 Å². The van der Waals surface area contributed by atoms with Crippen LogP contribution >= 0.6 is 0 Å². The molecule has 1 aromatic rings. The molecule has 1 fully saturated rings. The first-order valence-corrected chi connectivity index (χ1v) is 5.46. The van der Waals surface area contributed by atoms with E-state index in [4.69, 9.17) is 4.74 Å². The summed E-state index contributed by atoms with van der Waals surface area (Å²) in [6.07, 6.45) is 0.0212. The van der Waals surface area contributed by atoms with Gasteiger partial charge in [0.05, 0.1) is 12.6 Å². The highest BCUT2D eigenvalue weighted by atomic mass is 16.6. The molecular formula is C12H14N2O3. The van der Waals surface area contributed by atoms with Crippen molar-refractivity contribution < 1.29 is 14.3 Å². The molecule has 2 rings (SSSR count). The van der Waals surface area contributed by atoms with E-state index in [1.165, 1.54) is 7.05 Å². The van der Waals surface area contributed by atoms with Crippen molar-refractivity contribution in [1.29, 1.82) is 0 Å². The van der Waals surface area contributed by atoms with Crippen LogP contribution in [0.5, 0.6) is 0 Å². The standard InChI is InChI=1S/C12H14N2O3/c1-13-11(15)14-10(7-8-17-12(14)16)9-5-3-2-4-6-9/h2-6,10H,7-8H2,1H3,(H,13,15). The molecule has 1 N–H and O–H groups in total. The van der Waals surface area contributed by atoms with Crippen LogP contribution in [0.3, 0.4) is 0 Å². The van der Waals surface area contributed by atoms with E-state index in [1.54, 1.807) is 0 Å². The van der Waals surface area contributed by atoms with Crippen LogP contribution in [0, 0.1) is 0 Å². The van der Waals surface area contributed by atoms with Gasteiger partial charge in [-0.25, -0.2) is 14.5 Å². The summed E-state index contributed by atoms with van der Waals surface area (Å²) < 4.78 is 4.89. The van der Waals surface area contributed by atoms with Crippen molar-refractivity contribution >= 4 is 12.1 Å². The highest BCUT2D eigenvalue weighted by molar-refractivity contribution is 5.91. The molecule has 0 bridgehead atoms. The van der Waals surface area contributed by atoms with E-state index < -0.39 is 12.1 Å². The van der Waals surface area contributed by atoms with Gasteiger partial charge in [0.2, 0.25) is 0 Å². The summed E-state index contributed by atoms with van der Waals surface area (Å²) in [4.78, 5) is 24.4. The lowest BCUT2D eigenvalue weighted by atomic mass is 10.0. The SMILES string of the molecule is CNC(=O)N1C(=O)OCCC1c1ccccc1. The number of cyclic esters (lactones) is 1. The zero-order valence-corrected chi connectivity index (χ0v) is 9.55. The van der Waals surface area contributed by atoms with Gasteiger partial charge in [-0.3, -0.25) is 0 Å². The topological polar surface area (TPSA) is 58.6 Å². The number of carbonyl (C=O) groups is 2. The lowest BCUT2D eigenvalue weighted by molar-refractivity contribution is 0.0594. The third-order valence-corrected chi connectivity index (χ3v) is 2.74.